The van der Waals surface area contributed by atoms with Crippen molar-refractivity contribution in [3.8, 4) is 0 Å². The number of rotatable bonds is 7. The molecule has 0 spiro atoms. The molecule has 1 saturated carbocycles. The molecule has 1 aromatic carbocycles. The zero-order valence-corrected chi connectivity index (χ0v) is 18.9. The van der Waals surface area contributed by atoms with Crippen LogP contribution in [0.25, 0.3) is 0 Å². The van der Waals surface area contributed by atoms with Gasteiger partial charge in [0.25, 0.3) is 0 Å². The van der Waals surface area contributed by atoms with Crippen molar-refractivity contribution in [1.29, 1.82) is 0 Å². The van der Waals surface area contributed by atoms with Crippen LogP contribution in [-0.2, 0) is 14.6 Å². The average Bonchev–Trinajstić information content (AvgIpc) is 3.24. The van der Waals surface area contributed by atoms with Crippen molar-refractivity contribution in [3.05, 3.63) is 46.9 Å². The van der Waals surface area contributed by atoms with E-state index in [1.165, 1.54) is 18.5 Å². The van der Waals surface area contributed by atoms with Gasteiger partial charge in [0, 0.05) is 6.26 Å². The molecule has 1 amide bonds. The number of hydrogen-bond acceptors (Lipinski definition) is 7. The summed E-state index contributed by atoms with van der Waals surface area (Å²) in [6, 6.07) is 4.66. The molecule has 0 saturated heterocycles. The molecule has 0 unspecified atom stereocenters. The minimum Gasteiger partial charge on any atom is -0.411 e. The molecule has 10 heteroatoms. The van der Waals surface area contributed by atoms with Crippen LogP contribution in [0.15, 0.2) is 40.6 Å². The molecule has 1 fully saturated rings. The Morgan fingerprint density at radius 2 is 2.00 bits per heavy atom. The lowest BCUT2D eigenvalue weighted by Gasteiger charge is -2.21. The smallest absolute Gasteiger partial charge is 0.233 e. The molecule has 1 aliphatic carbocycles. The Kier molecular flexibility index (Phi) is 7.27. The van der Waals surface area contributed by atoms with E-state index in [1.807, 2.05) is 0 Å². The summed E-state index contributed by atoms with van der Waals surface area (Å²) in [6.45, 7) is 1.59. The minimum absolute atomic E-state index is 0.0420. The van der Waals surface area contributed by atoms with E-state index in [-0.39, 0.29) is 21.6 Å². The van der Waals surface area contributed by atoms with Gasteiger partial charge < -0.3 is 10.5 Å². The van der Waals surface area contributed by atoms with Gasteiger partial charge in [-0.3, -0.25) is 4.79 Å². The fourth-order valence-corrected chi connectivity index (χ4v) is 5.19. The van der Waals surface area contributed by atoms with Gasteiger partial charge in [-0.2, -0.15) is 0 Å². The Balaban J connectivity index is 1.86. The summed E-state index contributed by atoms with van der Waals surface area (Å²) in [5.41, 5.74) is 1.37. The second-order valence-corrected chi connectivity index (χ2v) is 10.3. The van der Waals surface area contributed by atoms with E-state index < -0.39 is 15.8 Å². The normalized spacial score (nSPS) is 16.3. The van der Waals surface area contributed by atoms with Gasteiger partial charge in [0.05, 0.1) is 28.2 Å². The lowest BCUT2D eigenvalue weighted by Crippen LogP contribution is -2.24. The second kappa shape index (κ2) is 9.74. The van der Waals surface area contributed by atoms with Crippen molar-refractivity contribution in [2.24, 2.45) is 11.1 Å². The first-order chi connectivity index (χ1) is 14.7. The summed E-state index contributed by atoms with van der Waals surface area (Å²) in [4.78, 5) is 21.5. The third-order valence-corrected chi connectivity index (χ3v) is 7.12. The number of benzene rings is 1. The quantitative estimate of drug-likeness (QED) is 0.362. The number of nitrogens with one attached hydrogen (secondary N) is 1. The maximum absolute atomic E-state index is 13.2. The number of halogens is 1. The summed E-state index contributed by atoms with van der Waals surface area (Å²) in [6.07, 6.45) is 8.96. The number of carbonyl (C=O) groups is 1. The van der Waals surface area contributed by atoms with Gasteiger partial charge >= 0.3 is 0 Å². The van der Waals surface area contributed by atoms with Crippen LogP contribution >= 0.6 is 11.6 Å². The van der Waals surface area contributed by atoms with Crippen LogP contribution in [0.5, 0.6) is 0 Å². The molecule has 166 valence electrons. The number of oxime groups is 1. The average molecular weight is 465 g/mol. The van der Waals surface area contributed by atoms with Crippen LogP contribution in [0.2, 0.25) is 5.02 Å². The molecule has 0 aliphatic heterocycles. The molecule has 0 radical (unpaired) electrons. The molecular formula is C21H25ClN4O4S. The zero-order chi connectivity index (χ0) is 22.6. The highest BCUT2D eigenvalue weighted by atomic mass is 35.5. The van der Waals surface area contributed by atoms with Crippen molar-refractivity contribution in [3.63, 3.8) is 0 Å². The van der Waals surface area contributed by atoms with Crippen LogP contribution in [0.1, 0.15) is 56.2 Å². The standard InChI is InChI=1S/C21H25ClN4O4S/c1-13(26-28)18-11-24-20(12-23-18)25-21(27)16(9-14-5-3-4-6-14)15-7-8-19(17(22)10-15)31(2,29)30/h7-8,10-12,14,16,28H,3-6,9H2,1-2H3,(H,24,25,27)/b26-13-/t16-/m1/s1. The molecule has 3 rings (SSSR count). The van der Waals surface area contributed by atoms with Crippen molar-refractivity contribution in [2.75, 3.05) is 11.6 Å². The number of amides is 1. The van der Waals surface area contributed by atoms with E-state index in [1.54, 1.807) is 19.1 Å². The Morgan fingerprint density at radius 3 is 2.55 bits per heavy atom. The van der Waals surface area contributed by atoms with Crippen molar-refractivity contribution in [1.82, 2.24) is 9.97 Å². The van der Waals surface area contributed by atoms with Gasteiger partial charge in [0.1, 0.15) is 11.4 Å². The molecule has 1 aliphatic rings. The first kappa shape index (κ1) is 23.1. The largest absolute Gasteiger partial charge is 0.411 e. The fraction of sp³-hybridized carbons (Fsp3) is 0.429. The predicted octanol–water partition coefficient (Wildman–Crippen LogP) is 4.03. The zero-order valence-electron chi connectivity index (χ0n) is 17.4. The van der Waals surface area contributed by atoms with Crippen LogP contribution in [0, 0.1) is 5.92 Å². The highest BCUT2D eigenvalue weighted by molar-refractivity contribution is 7.90. The fourth-order valence-electron chi connectivity index (χ4n) is 3.85. The van der Waals surface area contributed by atoms with Gasteiger partial charge in [-0.05, 0) is 37.0 Å². The SMILES string of the molecule is C/C(=N/O)c1cnc(NC(=O)[C@H](CC2CCCC2)c2ccc(S(C)(=O)=O)c(Cl)c2)cn1. The topological polar surface area (TPSA) is 122 Å². The number of aromatic nitrogens is 2. The van der Waals surface area contributed by atoms with Crippen LogP contribution < -0.4 is 5.32 Å². The van der Waals surface area contributed by atoms with Gasteiger partial charge in [0.15, 0.2) is 15.7 Å². The molecule has 2 aromatic rings. The lowest BCUT2D eigenvalue weighted by molar-refractivity contribution is -0.118. The van der Waals surface area contributed by atoms with Crippen LogP contribution in [-0.4, -0.2) is 41.5 Å². The van der Waals surface area contributed by atoms with Gasteiger partial charge in [-0.25, -0.2) is 18.4 Å². The van der Waals surface area contributed by atoms with E-state index in [2.05, 4.69) is 20.4 Å². The molecule has 1 aromatic heterocycles. The van der Waals surface area contributed by atoms with E-state index in [0.29, 0.717) is 29.3 Å². The summed E-state index contributed by atoms with van der Waals surface area (Å²) in [7, 11) is -3.46. The highest BCUT2D eigenvalue weighted by Crippen LogP contribution is 2.36. The minimum atomic E-state index is -3.46. The Hall–Kier alpha value is -2.52. The second-order valence-electron chi connectivity index (χ2n) is 7.86. The highest BCUT2D eigenvalue weighted by Gasteiger charge is 2.28. The van der Waals surface area contributed by atoms with E-state index in [0.717, 1.165) is 31.9 Å². The van der Waals surface area contributed by atoms with Crippen LogP contribution in [0.3, 0.4) is 0 Å². The monoisotopic (exact) mass is 464 g/mol. The molecule has 1 atom stereocenters. The molecule has 1 heterocycles. The van der Waals surface area contributed by atoms with Crippen LogP contribution in [0.4, 0.5) is 5.82 Å². The molecular weight excluding hydrogens is 440 g/mol. The number of sulfone groups is 1. The van der Waals surface area contributed by atoms with Crippen molar-refractivity contribution in [2.45, 2.75) is 49.8 Å². The molecule has 2 N–H and O–H groups in total. The summed E-state index contributed by atoms with van der Waals surface area (Å²) in [5.74, 6) is -0.0724. The number of hydrogen-bond donors (Lipinski definition) is 2. The number of carbonyl (C=O) groups excluding carboxylic acids is 1. The summed E-state index contributed by atoms with van der Waals surface area (Å²) >= 11 is 6.24. The van der Waals surface area contributed by atoms with Gasteiger partial charge in [-0.15, -0.1) is 0 Å². The Morgan fingerprint density at radius 1 is 1.29 bits per heavy atom. The Bertz CT molecular complexity index is 1080. The molecule has 31 heavy (non-hydrogen) atoms. The third-order valence-electron chi connectivity index (χ3n) is 5.54. The summed E-state index contributed by atoms with van der Waals surface area (Å²) in [5, 5.41) is 14.8. The van der Waals surface area contributed by atoms with Crippen molar-refractivity contribution < 1.29 is 18.4 Å². The number of nitrogens with zero attached hydrogens (tertiary/aromatic N) is 3. The maximum atomic E-state index is 13.2. The van der Waals surface area contributed by atoms with Gasteiger partial charge in [-0.1, -0.05) is 48.5 Å². The van der Waals surface area contributed by atoms with E-state index >= 15 is 0 Å². The first-order valence-corrected chi connectivity index (χ1v) is 12.3. The lowest BCUT2D eigenvalue weighted by atomic mass is 9.87. The first-order valence-electron chi connectivity index (χ1n) is 10.0. The number of anilines is 1. The van der Waals surface area contributed by atoms with Gasteiger partial charge in [0.2, 0.25) is 5.91 Å². The van der Waals surface area contributed by atoms with E-state index in [9.17, 15) is 13.2 Å². The third kappa shape index (κ3) is 5.80. The maximum Gasteiger partial charge on any atom is 0.233 e. The van der Waals surface area contributed by atoms with Crippen molar-refractivity contribution >= 4 is 38.9 Å². The predicted molar refractivity (Wildman–Crippen MR) is 119 cm³/mol. The molecule has 8 nitrogen and oxygen atoms in total. The molecule has 0 bridgehead atoms. The Labute approximate surface area is 186 Å². The summed E-state index contributed by atoms with van der Waals surface area (Å²) < 4.78 is 23.8. The van der Waals surface area contributed by atoms with E-state index in [4.69, 9.17) is 16.8 Å².